The molecule has 2 N–H and O–H groups in total. The molecule has 2 amide bonds. The molecule has 2 rings (SSSR count). The predicted octanol–water partition coefficient (Wildman–Crippen LogP) is 5.45. The van der Waals surface area contributed by atoms with Gasteiger partial charge in [-0.3, -0.25) is 0 Å². The molecule has 0 aliphatic heterocycles. The first kappa shape index (κ1) is 27.3. The molecule has 0 aliphatic rings. The minimum absolute atomic E-state index is 0.192. The third kappa shape index (κ3) is 7.85. The number of hydrogen-bond donors (Lipinski definition) is 1. The standard InChI is InChI=1S/C24H33ClN4O5/c1-15(2)13-24(6,26)14-33-19-9-8-16(12-17(19)25)18-10-11-27-20(28-18)29(21(30)32-7)22(31)34-23(3,4)5/h8-12,15H,13-14,26H2,1-7H3/t24-/m0/s1. The van der Waals surface area contributed by atoms with Crippen LogP contribution in [0.2, 0.25) is 5.02 Å². The first-order chi connectivity index (χ1) is 15.7. The molecule has 1 atom stereocenters. The summed E-state index contributed by atoms with van der Waals surface area (Å²) in [6.45, 7) is 11.5. The summed E-state index contributed by atoms with van der Waals surface area (Å²) < 4.78 is 15.9. The lowest BCUT2D eigenvalue weighted by atomic mass is 9.93. The number of carbonyl (C=O) groups is 2. The summed E-state index contributed by atoms with van der Waals surface area (Å²) >= 11 is 6.44. The van der Waals surface area contributed by atoms with Crippen LogP contribution in [0.15, 0.2) is 30.5 Å². The molecule has 0 unspecified atom stereocenters. The molecule has 0 bridgehead atoms. The summed E-state index contributed by atoms with van der Waals surface area (Å²) in [5.41, 5.74) is 6.05. The maximum atomic E-state index is 12.6. The van der Waals surface area contributed by atoms with Crippen LogP contribution in [0, 0.1) is 5.92 Å². The van der Waals surface area contributed by atoms with Crippen molar-refractivity contribution in [2.24, 2.45) is 11.7 Å². The fraction of sp³-hybridized carbons (Fsp3) is 0.500. The largest absolute Gasteiger partial charge is 0.490 e. The Morgan fingerprint density at radius 1 is 1.15 bits per heavy atom. The lowest BCUT2D eigenvalue weighted by molar-refractivity contribution is 0.0573. The van der Waals surface area contributed by atoms with E-state index in [2.05, 4.69) is 23.8 Å². The van der Waals surface area contributed by atoms with Crippen molar-refractivity contribution in [3.63, 3.8) is 0 Å². The SMILES string of the molecule is COC(=O)N(C(=O)OC(C)(C)C)c1nccc(-c2ccc(OC[C@@](C)(N)CC(C)C)c(Cl)c2)n1. The van der Waals surface area contributed by atoms with Crippen LogP contribution >= 0.6 is 11.6 Å². The summed E-state index contributed by atoms with van der Waals surface area (Å²) in [7, 11) is 1.15. The number of imide groups is 1. The molecular weight excluding hydrogens is 460 g/mol. The van der Waals surface area contributed by atoms with Gasteiger partial charge in [0.25, 0.3) is 0 Å². The minimum Gasteiger partial charge on any atom is -0.490 e. The highest BCUT2D eigenvalue weighted by Crippen LogP contribution is 2.31. The van der Waals surface area contributed by atoms with Crippen LogP contribution in [0.25, 0.3) is 11.3 Å². The third-order valence-electron chi connectivity index (χ3n) is 4.44. The Morgan fingerprint density at radius 2 is 1.82 bits per heavy atom. The van der Waals surface area contributed by atoms with Crippen LogP contribution in [0.4, 0.5) is 15.5 Å². The van der Waals surface area contributed by atoms with E-state index in [4.69, 9.17) is 31.5 Å². The first-order valence-electron chi connectivity index (χ1n) is 10.9. The van der Waals surface area contributed by atoms with Crippen molar-refractivity contribution in [1.82, 2.24) is 9.97 Å². The molecule has 34 heavy (non-hydrogen) atoms. The Balaban J connectivity index is 2.29. The summed E-state index contributed by atoms with van der Waals surface area (Å²) in [4.78, 5) is 33.9. The van der Waals surface area contributed by atoms with Crippen LogP contribution in [0.1, 0.15) is 48.0 Å². The molecule has 0 aliphatic carbocycles. The Bertz CT molecular complexity index is 1020. The van der Waals surface area contributed by atoms with Crippen molar-refractivity contribution in [2.75, 3.05) is 18.6 Å². The second-order valence-electron chi connectivity index (χ2n) is 9.71. The number of benzene rings is 1. The molecule has 1 aromatic carbocycles. The van der Waals surface area contributed by atoms with E-state index in [0.29, 0.717) is 39.5 Å². The van der Waals surface area contributed by atoms with Crippen LogP contribution in [0.5, 0.6) is 5.75 Å². The van der Waals surface area contributed by atoms with E-state index in [1.54, 1.807) is 45.0 Å². The maximum Gasteiger partial charge on any atom is 0.427 e. The van der Waals surface area contributed by atoms with Gasteiger partial charge in [0.05, 0.1) is 17.8 Å². The lowest BCUT2D eigenvalue weighted by Gasteiger charge is -2.27. The lowest BCUT2D eigenvalue weighted by Crippen LogP contribution is -2.43. The van der Waals surface area contributed by atoms with Crippen LogP contribution in [-0.2, 0) is 9.47 Å². The van der Waals surface area contributed by atoms with Gasteiger partial charge in [0.1, 0.15) is 18.0 Å². The monoisotopic (exact) mass is 492 g/mol. The summed E-state index contributed by atoms with van der Waals surface area (Å²) in [6, 6.07) is 6.78. The molecular formula is C24H33ClN4O5. The first-order valence-corrected chi connectivity index (χ1v) is 11.3. The fourth-order valence-corrected chi connectivity index (χ4v) is 3.50. The Hall–Kier alpha value is -2.91. The van der Waals surface area contributed by atoms with E-state index in [1.807, 2.05) is 6.92 Å². The molecule has 0 radical (unpaired) electrons. The molecule has 0 saturated heterocycles. The molecule has 2 aromatic rings. The van der Waals surface area contributed by atoms with Gasteiger partial charge in [-0.15, -0.1) is 4.90 Å². The molecule has 1 heterocycles. The quantitative estimate of drug-likeness (QED) is 0.542. The van der Waals surface area contributed by atoms with Crippen LogP contribution in [-0.4, -0.2) is 47.0 Å². The number of carbonyl (C=O) groups excluding carboxylic acids is 2. The maximum absolute atomic E-state index is 12.6. The molecule has 10 heteroatoms. The number of aromatic nitrogens is 2. The summed E-state index contributed by atoms with van der Waals surface area (Å²) in [5, 5.41) is 0.370. The number of ether oxygens (including phenoxy) is 3. The van der Waals surface area contributed by atoms with Crippen molar-refractivity contribution in [3.05, 3.63) is 35.5 Å². The van der Waals surface area contributed by atoms with Gasteiger partial charge in [-0.05, 0) is 64.3 Å². The zero-order valence-electron chi connectivity index (χ0n) is 20.7. The topological polar surface area (TPSA) is 117 Å². The van der Waals surface area contributed by atoms with Gasteiger partial charge in [0.2, 0.25) is 5.95 Å². The molecule has 0 saturated carbocycles. The smallest absolute Gasteiger partial charge is 0.427 e. The van der Waals surface area contributed by atoms with E-state index in [1.165, 1.54) is 6.20 Å². The van der Waals surface area contributed by atoms with E-state index in [0.717, 1.165) is 13.5 Å². The van der Waals surface area contributed by atoms with Gasteiger partial charge in [0, 0.05) is 17.3 Å². The van der Waals surface area contributed by atoms with Gasteiger partial charge < -0.3 is 19.9 Å². The number of anilines is 1. The Morgan fingerprint density at radius 3 is 2.38 bits per heavy atom. The van der Waals surface area contributed by atoms with E-state index in [-0.39, 0.29) is 5.95 Å². The number of nitrogens with zero attached hydrogens (tertiary/aromatic N) is 3. The van der Waals surface area contributed by atoms with E-state index < -0.39 is 23.3 Å². The number of amides is 2. The van der Waals surface area contributed by atoms with Crippen LogP contribution in [0.3, 0.4) is 0 Å². The normalized spacial score (nSPS) is 13.2. The van der Waals surface area contributed by atoms with Gasteiger partial charge in [0.15, 0.2) is 0 Å². The number of rotatable bonds is 7. The average Bonchev–Trinajstić information content (AvgIpc) is 2.70. The highest BCUT2D eigenvalue weighted by molar-refractivity contribution is 6.32. The van der Waals surface area contributed by atoms with Gasteiger partial charge in [-0.2, -0.15) is 0 Å². The number of hydrogen-bond acceptors (Lipinski definition) is 8. The second-order valence-corrected chi connectivity index (χ2v) is 10.1. The van der Waals surface area contributed by atoms with E-state index >= 15 is 0 Å². The Kier molecular flexibility index (Phi) is 8.85. The van der Waals surface area contributed by atoms with Gasteiger partial charge in [-0.25, -0.2) is 19.6 Å². The molecule has 1 aromatic heterocycles. The zero-order valence-corrected chi connectivity index (χ0v) is 21.5. The second kappa shape index (κ2) is 11.0. The molecule has 186 valence electrons. The van der Waals surface area contributed by atoms with Gasteiger partial charge in [-0.1, -0.05) is 25.4 Å². The molecule has 0 fully saturated rings. The van der Waals surface area contributed by atoms with Crippen molar-refractivity contribution in [1.29, 1.82) is 0 Å². The van der Waals surface area contributed by atoms with Crippen molar-refractivity contribution < 1.29 is 23.8 Å². The molecule has 0 spiro atoms. The zero-order chi connectivity index (χ0) is 25.7. The van der Waals surface area contributed by atoms with Gasteiger partial charge >= 0.3 is 12.2 Å². The summed E-state index contributed by atoms with van der Waals surface area (Å²) in [6.07, 6.45) is 0.298. The number of halogens is 1. The highest BCUT2D eigenvalue weighted by Gasteiger charge is 2.32. The number of nitrogens with two attached hydrogens (primary N) is 1. The minimum atomic E-state index is -0.973. The average molecular weight is 493 g/mol. The van der Waals surface area contributed by atoms with Crippen molar-refractivity contribution >= 4 is 29.7 Å². The fourth-order valence-electron chi connectivity index (χ4n) is 3.27. The molecule has 9 nitrogen and oxygen atoms in total. The summed E-state index contributed by atoms with van der Waals surface area (Å²) in [5.74, 6) is 0.737. The number of methoxy groups -OCH3 is 1. The van der Waals surface area contributed by atoms with Crippen molar-refractivity contribution in [3.8, 4) is 17.0 Å². The van der Waals surface area contributed by atoms with Crippen molar-refractivity contribution in [2.45, 2.75) is 59.1 Å². The predicted molar refractivity (Wildman–Crippen MR) is 131 cm³/mol. The third-order valence-corrected chi connectivity index (χ3v) is 4.73. The van der Waals surface area contributed by atoms with E-state index in [9.17, 15) is 9.59 Å². The Labute approximate surface area is 205 Å². The highest BCUT2D eigenvalue weighted by atomic mass is 35.5. The van der Waals surface area contributed by atoms with Crippen LogP contribution < -0.4 is 15.4 Å².